The minimum absolute atomic E-state index is 0.430. The minimum Gasteiger partial charge on any atom is -0.271 e. The molecule has 0 amide bonds. The largest absolute Gasteiger partial charge is 0.271 e. The summed E-state index contributed by atoms with van der Waals surface area (Å²) in [4.78, 5) is 0. The van der Waals surface area contributed by atoms with Gasteiger partial charge < -0.3 is 0 Å². The molecule has 2 atom stereocenters. The van der Waals surface area contributed by atoms with E-state index in [1.165, 1.54) is 17.5 Å². The SMILES string of the molecule is CC(C)CC(NN)C1Cc2ccccc21. The molecule has 3 N–H and O–H groups in total. The Kier molecular flexibility index (Phi) is 3.08. The predicted molar refractivity (Wildman–Crippen MR) is 63.5 cm³/mol. The Morgan fingerprint density at radius 2 is 2.13 bits per heavy atom. The van der Waals surface area contributed by atoms with E-state index in [0.29, 0.717) is 17.9 Å². The van der Waals surface area contributed by atoms with E-state index < -0.39 is 0 Å². The second-order valence-corrected chi connectivity index (χ2v) is 4.91. The number of fused-ring (bicyclic) bond motifs is 1. The smallest absolute Gasteiger partial charge is 0.0284 e. The maximum atomic E-state index is 5.64. The number of hydrogen-bond donors (Lipinski definition) is 2. The third-order valence-corrected chi connectivity index (χ3v) is 3.32. The second-order valence-electron chi connectivity index (χ2n) is 4.91. The van der Waals surface area contributed by atoms with Crippen molar-refractivity contribution in [1.29, 1.82) is 0 Å². The number of rotatable bonds is 4. The predicted octanol–water partition coefficient (Wildman–Crippen LogP) is 2.20. The van der Waals surface area contributed by atoms with Crippen LogP contribution in [0.2, 0.25) is 0 Å². The molecule has 0 fully saturated rings. The fourth-order valence-corrected chi connectivity index (χ4v) is 2.51. The molecule has 2 nitrogen and oxygen atoms in total. The van der Waals surface area contributed by atoms with E-state index in [-0.39, 0.29) is 0 Å². The van der Waals surface area contributed by atoms with Gasteiger partial charge in [0.25, 0.3) is 0 Å². The van der Waals surface area contributed by atoms with E-state index in [9.17, 15) is 0 Å². The molecule has 0 spiro atoms. The van der Waals surface area contributed by atoms with Crippen LogP contribution in [0.25, 0.3) is 0 Å². The molecule has 1 aliphatic rings. The molecule has 0 saturated carbocycles. The zero-order chi connectivity index (χ0) is 10.8. The van der Waals surface area contributed by atoms with Crippen LogP contribution in [0.15, 0.2) is 24.3 Å². The summed E-state index contributed by atoms with van der Waals surface area (Å²) >= 11 is 0. The van der Waals surface area contributed by atoms with Gasteiger partial charge in [0.15, 0.2) is 0 Å². The number of benzene rings is 1. The molecule has 0 bridgehead atoms. The summed E-state index contributed by atoms with van der Waals surface area (Å²) in [7, 11) is 0. The third kappa shape index (κ3) is 2.06. The highest BCUT2D eigenvalue weighted by Crippen LogP contribution is 2.38. The first-order chi connectivity index (χ1) is 7.22. The fourth-order valence-electron chi connectivity index (χ4n) is 2.51. The number of nitrogens with two attached hydrogens (primary N) is 1. The topological polar surface area (TPSA) is 38.0 Å². The van der Waals surface area contributed by atoms with Gasteiger partial charge >= 0.3 is 0 Å². The molecule has 0 aromatic heterocycles. The fraction of sp³-hybridized carbons (Fsp3) is 0.538. The van der Waals surface area contributed by atoms with Crippen LogP contribution < -0.4 is 11.3 Å². The van der Waals surface area contributed by atoms with Crippen LogP contribution in [0, 0.1) is 5.92 Å². The third-order valence-electron chi connectivity index (χ3n) is 3.32. The number of nitrogens with one attached hydrogen (secondary N) is 1. The first-order valence-electron chi connectivity index (χ1n) is 5.76. The van der Waals surface area contributed by atoms with Crippen LogP contribution in [-0.2, 0) is 6.42 Å². The second kappa shape index (κ2) is 4.33. The molecule has 0 radical (unpaired) electrons. The van der Waals surface area contributed by atoms with Gasteiger partial charge in [-0.15, -0.1) is 0 Å². The summed E-state index contributed by atoms with van der Waals surface area (Å²) in [6.45, 7) is 4.49. The molecule has 1 aromatic rings. The molecule has 2 rings (SSSR count). The molecule has 2 heteroatoms. The highest BCUT2D eigenvalue weighted by atomic mass is 15.2. The van der Waals surface area contributed by atoms with Gasteiger partial charge in [0.2, 0.25) is 0 Å². The van der Waals surface area contributed by atoms with Crippen LogP contribution in [0.5, 0.6) is 0 Å². The van der Waals surface area contributed by atoms with Gasteiger partial charge in [-0.25, -0.2) is 0 Å². The summed E-state index contributed by atoms with van der Waals surface area (Å²) in [6, 6.07) is 9.11. The summed E-state index contributed by atoms with van der Waals surface area (Å²) in [6.07, 6.45) is 2.33. The molecular weight excluding hydrogens is 184 g/mol. The van der Waals surface area contributed by atoms with Crippen molar-refractivity contribution in [2.45, 2.75) is 38.6 Å². The van der Waals surface area contributed by atoms with Crippen molar-refractivity contribution >= 4 is 0 Å². The molecule has 1 aromatic carbocycles. The van der Waals surface area contributed by atoms with Crippen molar-refractivity contribution in [1.82, 2.24) is 5.43 Å². The summed E-state index contributed by atoms with van der Waals surface area (Å²) in [5, 5.41) is 0. The molecular formula is C13H20N2. The minimum atomic E-state index is 0.430. The first-order valence-corrected chi connectivity index (χ1v) is 5.76. The zero-order valence-corrected chi connectivity index (χ0v) is 9.53. The molecule has 0 aliphatic heterocycles. The monoisotopic (exact) mass is 204 g/mol. The Labute approximate surface area is 91.8 Å². The Balaban J connectivity index is 2.07. The Morgan fingerprint density at radius 3 is 2.73 bits per heavy atom. The Hall–Kier alpha value is -0.860. The van der Waals surface area contributed by atoms with Crippen LogP contribution in [-0.4, -0.2) is 6.04 Å². The highest BCUT2D eigenvalue weighted by Gasteiger charge is 2.32. The van der Waals surface area contributed by atoms with Crippen molar-refractivity contribution in [3.05, 3.63) is 35.4 Å². The van der Waals surface area contributed by atoms with Gasteiger partial charge in [-0.3, -0.25) is 11.3 Å². The van der Waals surface area contributed by atoms with Gasteiger partial charge in [0.1, 0.15) is 0 Å². The van der Waals surface area contributed by atoms with Gasteiger partial charge in [-0.1, -0.05) is 38.1 Å². The molecule has 82 valence electrons. The number of hydrogen-bond acceptors (Lipinski definition) is 2. The van der Waals surface area contributed by atoms with Gasteiger partial charge in [0, 0.05) is 12.0 Å². The van der Waals surface area contributed by atoms with Crippen LogP contribution in [0.1, 0.15) is 37.3 Å². The lowest BCUT2D eigenvalue weighted by molar-refractivity contribution is 0.346. The number of hydrazine groups is 1. The standard InChI is InChI=1S/C13H20N2/c1-9(2)7-13(15-14)12-8-10-5-3-4-6-11(10)12/h3-6,9,12-13,15H,7-8,14H2,1-2H3. The van der Waals surface area contributed by atoms with Crippen LogP contribution in [0.3, 0.4) is 0 Å². The van der Waals surface area contributed by atoms with Crippen LogP contribution >= 0.6 is 0 Å². The molecule has 2 unspecified atom stereocenters. The Bertz CT molecular complexity index is 333. The van der Waals surface area contributed by atoms with E-state index >= 15 is 0 Å². The van der Waals surface area contributed by atoms with E-state index in [4.69, 9.17) is 5.84 Å². The maximum absolute atomic E-state index is 5.64. The molecule has 15 heavy (non-hydrogen) atoms. The highest BCUT2D eigenvalue weighted by molar-refractivity contribution is 5.41. The lowest BCUT2D eigenvalue weighted by Crippen LogP contribution is -2.44. The van der Waals surface area contributed by atoms with E-state index in [1.807, 2.05) is 0 Å². The summed E-state index contributed by atoms with van der Waals surface area (Å²) in [5.41, 5.74) is 5.96. The van der Waals surface area contributed by atoms with E-state index in [0.717, 1.165) is 6.42 Å². The van der Waals surface area contributed by atoms with Crippen molar-refractivity contribution in [3.8, 4) is 0 Å². The lowest BCUT2D eigenvalue weighted by atomic mass is 9.72. The van der Waals surface area contributed by atoms with Gasteiger partial charge in [-0.2, -0.15) is 0 Å². The summed E-state index contributed by atoms with van der Waals surface area (Å²) in [5.74, 6) is 6.95. The van der Waals surface area contributed by atoms with Crippen molar-refractivity contribution in [2.24, 2.45) is 11.8 Å². The molecule has 0 saturated heterocycles. The Morgan fingerprint density at radius 1 is 1.40 bits per heavy atom. The molecule has 0 heterocycles. The zero-order valence-electron chi connectivity index (χ0n) is 9.53. The lowest BCUT2D eigenvalue weighted by Gasteiger charge is -2.37. The van der Waals surface area contributed by atoms with Crippen molar-refractivity contribution in [3.63, 3.8) is 0 Å². The van der Waals surface area contributed by atoms with E-state index in [2.05, 4.69) is 43.5 Å². The maximum Gasteiger partial charge on any atom is 0.0284 e. The molecule has 1 aliphatic carbocycles. The van der Waals surface area contributed by atoms with Crippen molar-refractivity contribution < 1.29 is 0 Å². The van der Waals surface area contributed by atoms with E-state index in [1.54, 1.807) is 0 Å². The quantitative estimate of drug-likeness (QED) is 0.583. The van der Waals surface area contributed by atoms with Gasteiger partial charge in [0.05, 0.1) is 0 Å². The van der Waals surface area contributed by atoms with Crippen LogP contribution in [0.4, 0.5) is 0 Å². The average molecular weight is 204 g/mol. The summed E-state index contributed by atoms with van der Waals surface area (Å²) < 4.78 is 0. The van der Waals surface area contributed by atoms with Gasteiger partial charge in [-0.05, 0) is 29.9 Å². The average Bonchev–Trinajstić information content (AvgIpc) is 2.17. The van der Waals surface area contributed by atoms with Crippen molar-refractivity contribution in [2.75, 3.05) is 0 Å². The first kappa shape index (κ1) is 10.7. The normalized spacial score (nSPS) is 20.9.